The highest BCUT2D eigenvalue weighted by Gasteiger charge is 2.42. The number of piperazine rings is 1. The first-order valence-corrected chi connectivity index (χ1v) is 15.0. The van der Waals surface area contributed by atoms with Crippen molar-refractivity contribution >= 4 is 29.5 Å². The van der Waals surface area contributed by atoms with Crippen LogP contribution in [0.1, 0.15) is 57.4 Å². The van der Waals surface area contributed by atoms with Crippen LogP contribution >= 0.6 is 0 Å². The van der Waals surface area contributed by atoms with Gasteiger partial charge in [-0.25, -0.2) is 13.6 Å². The SMILES string of the molecule is CCOC(=O)N[C@@H](CF)C(=O)N[C@@H](C(=O)N1CCN(C)CC1)[C@@H](C)c1ccc(NC(=O)CC(C2CC2)C2CC2)c(F)c1. The van der Waals surface area contributed by atoms with E-state index in [0.29, 0.717) is 55.9 Å². The fraction of sp³-hybridized carbons (Fsp3) is 0.667. The van der Waals surface area contributed by atoms with Crippen molar-refractivity contribution in [2.75, 3.05) is 51.8 Å². The van der Waals surface area contributed by atoms with Crippen LogP contribution in [0, 0.1) is 23.6 Å². The van der Waals surface area contributed by atoms with Crippen molar-refractivity contribution < 1.29 is 32.7 Å². The number of amides is 4. The molecular formula is C30H43F2N5O5. The maximum atomic E-state index is 15.3. The Balaban J connectivity index is 1.47. The van der Waals surface area contributed by atoms with E-state index in [1.54, 1.807) is 24.8 Å². The van der Waals surface area contributed by atoms with Gasteiger partial charge in [0, 0.05) is 38.5 Å². The molecule has 2 saturated carbocycles. The van der Waals surface area contributed by atoms with Crippen LogP contribution in [0.2, 0.25) is 0 Å². The fourth-order valence-corrected chi connectivity index (χ4v) is 5.66. The number of hydrogen-bond donors (Lipinski definition) is 3. The lowest BCUT2D eigenvalue weighted by atomic mass is 9.91. The third-order valence-corrected chi connectivity index (χ3v) is 8.59. The fourth-order valence-electron chi connectivity index (χ4n) is 5.66. The number of rotatable bonds is 13. The molecule has 1 aliphatic heterocycles. The van der Waals surface area contributed by atoms with E-state index in [0.717, 1.165) is 25.7 Å². The van der Waals surface area contributed by atoms with Gasteiger partial charge in [0.05, 0.1) is 12.3 Å². The Hall–Kier alpha value is -3.28. The molecule has 12 heteroatoms. The molecule has 3 N–H and O–H groups in total. The molecule has 0 aromatic heterocycles. The summed E-state index contributed by atoms with van der Waals surface area (Å²) in [5, 5.41) is 7.47. The van der Waals surface area contributed by atoms with E-state index >= 15 is 4.39 Å². The zero-order valence-corrected chi connectivity index (χ0v) is 24.7. The summed E-state index contributed by atoms with van der Waals surface area (Å²) >= 11 is 0. The maximum Gasteiger partial charge on any atom is 0.407 e. The topological polar surface area (TPSA) is 120 Å². The summed E-state index contributed by atoms with van der Waals surface area (Å²) in [6.07, 6.45) is 4.06. The third kappa shape index (κ3) is 8.39. The lowest BCUT2D eigenvalue weighted by molar-refractivity contribution is -0.138. The van der Waals surface area contributed by atoms with E-state index in [-0.39, 0.29) is 24.1 Å². The number of nitrogens with one attached hydrogen (secondary N) is 3. The first-order valence-electron chi connectivity index (χ1n) is 15.0. The summed E-state index contributed by atoms with van der Waals surface area (Å²) in [6.45, 7) is 4.23. The van der Waals surface area contributed by atoms with Gasteiger partial charge in [-0.1, -0.05) is 13.0 Å². The Kier molecular flexibility index (Phi) is 10.7. The van der Waals surface area contributed by atoms with E-state index in [2.05, 4.69) is 20.9 Å². The van der Waals surface area contributed by atoms with Gasteiger partial charge in [0.2, 0.25) is 17.7 Å². The molecule has 42 heavy (non-hydrogen) atoms. The van der Waals surface area contributed by atoms with Gasteiger partial charge in [0.25, 0.3) is 0 Å². The first kappa shape index (κ1) is 31.7. The number of alkyl carbamates (subject to hydrolysis) is 1. The molecule has 0 radical (unpaired) electrons. The second kappa shape index (κ2) is 14.3. The molecule has 1 aromatic carbocycles. The minimum absolute atomic E-state index is 0.0393. The van der Waals surface area contributed by atoms with Crippen LogP contribution in [0.5, 0.6) is 0 Å². The number of benzene rings is 1. The summed E-state index contributed by atoms with van der Waals surface area (Å²) in [4.78, 5) is 54.9. The van der Waals surface area contributed by atoms with Crippen LogP contribution in [0.3, 0.4) is 0 Å². The predicted molar refractivity (Wildman–Crippen MR) is 153 cm³/mol. The third-order valence-electron chi connectivity index (χ3n) is 8.59. The molecule has 3 fully saturated rings. The van der Waals surface area contributed by atoms with E-state index in [9.17, 15) is 23.6 Å². The highest BCUT2D eigenvalue weighted by Crippen LogP contribution is 2.50. The average molecular weight is 592 g/mol. The van der Waals surface area contributed by atoms with Crippen molar-refractivity contribution in [2.24, 2.45) is 17.8 Å². The van der Waals surface area contributed by atoms with Gasteiger partial charge >= 0.3 is 6.09 Å². The van der Waals surface area contributed by atoms with Gasteiger partial charge in [-0.05, 0) is 75.1 Å². The second-order valence-corrected chi connectivity index (χ2v) is 11.8. The van der Waals surface area contributed by atoms with E-state index < -0.39 is 42.5 Å². The van der Waals surface area contributed by atoms with Gasteiger partial charge in [0.15, 0.2) is 0 Å². The Labute approximate surface area is 245 Å². The number of alkyl halides is 1. The van der Waals surface area contributed by atoms with Crippen LogP contribution in [-0.2, 0) is 19.1 Å². The minimum Gasteiger partial charge on any atom is -0.450 e. The Morgan fingerprint density at radius 2 is 1.67 bits per heavy atom. The highest BCUT2D eigenvalue weighted by molar-refractivity contribution is 5.92. The summed E-state index contributed by atoms with van der Waals surface area (Å²) in [5.74, 6) is -1.28. The van der Waals surface area contributed by atoms with Crippen LogP contribution in [-0.4, -0.2) is 92.2 Å². The Morgan fingerprint density at radius 1 is 1.02 bits per heavy atom. The van der Waals surface area contributed by atoms with Crippen molar-refractivity contribution in [1.29, 1.82) is 0 Å². The molecular weight excluding hydrogens is 548 g/mol. The normalized spacial score (nSPS) is 19.5. The predicted octanol–water partition coefficient (Wildman–Crippen LogP) is 3.04. The quantitative estimate of drug-likeness (QED) is 0.325. The Bertz CT molecular complexity index is 1130. The van der Waals surface area contributed by atoms with Gasteiger partial charge in [-0.3, -0.25) is 14.4 Å². The van der Waals surface area contributed by atoms with E-state index in [1.807, 2.05) is 7.05 Å². The van der Waals surface area contributed by atoms with E-state index in [4.69, 9.17) is 4.74 Å². The molecule has 3 aliphatic rings. The van der Waals surface area contributed by atoms with Crippen molar-refractivity contribution in [2.45, 2.75) is 64.0 Å². The lowest BCUT2D eigenvalue weighted by Gasteiger charge is -2.36. The maximum absolute atomic E-state index is 15.3. The van der Waals surface area contributed by atoms with Crippen molar-refractivity contribution in [3.8, 4) is 0 Å². The molecule has 1 aromatic rings. The number of nitrogens with zero attached hydrogens (tertiary/aromatic N) is 2. The van der Waals surface area contributed by atoms with Crippen molar-refractivity contribution in [3.63, 3.8) is 0 Å². The van der Waals surface area contributed by atoms with Gasteiger partial charge in [0.1, 0.15) is 24.6 Å². The first-order chi connectivity index (χ1) is 20.1. The van der Waals surface area contributed by atoms with Crippen LogP contribution in [0.4, 0.5) is 19.3 Å². The van der Waals surface area contributed by atoms with Gasteiger partial charge in [-0.15, -0.1) is 0 Å². The standard InChI is InChI=1S/C30H43F2N5O5/c1-4-42-30(41)34-25(17-31)28(39)35-27(29(40)37-13-11-36(3)12-14-37)18(2)21-9-10-24(23(32)15-21)33-26(38)16-22(19-5-6-19)20-7-8-20/h9-10,15,18-20,22,25,27H,4-8,11-14,16-17H2,1-3H3,(H,33,38)(H,34,41)(H,35,39)/t18-,25-,27+/m0/s1. The largest absolute Gasteiger partial charge is 0.450 e. The summed E-state index contributed by atoms with van der Waals surface area (Å²) in [6, 6.07) is 1.61. The number of likely N-dealkylation sites (N-methyl/N-ethyl adjacent to an activating group) is 1. The molecule has 0 spiro atoms. The average Bonchev–Trinajstić information content (AvgIpc) is 3.89. The van der Waals surface area contributed by atoms with Gasteiger partial charge in [-0.2, -0.15) is 0 Å². The molecule has 3 atom stereocenters. The van der Waals surface area contributed by atoms with Crippen LogP contribution in [0.25, 0.3) is 0 Å². The summed E-state index contributed by atoms with van der Waals surface area (Å²) < 4.78 is 33.8. The molecule has 1 heterocycles. The molecule has 1 saturated heterocycles. The molecule has 4 rings (SSSR count). The van der Waals surface area contributed by atoms with Crippen LogP contribution in [0.15, 0.2) is 18.2 Å². The number of carbonyl (C=O) groups is 4. The van der Waals surface area contributed by atoms with Crippen molar-refractivity contribution in [1.82, 2.24) is 20.4 Å². The molecule has 232 valence electrons. The number of carbonyl (C=O) groups excluding carboxylic acids is 4. The zero-order valence-electron chi connectivity index (χ0n) is 24.7. The van der Waals surface area contributed by atoms with Crippen molar-refractivity contribution in [3.05, 3.63) is 29.6 Å². The number of halogens is 2. The number of anilines is 1. The summed E-state index contributed by atoms with van der Waals surface area (Å²) in [7, 11) is 1.94. The molecule has 0 bridgehead atoms. The number of hydrogen-bond acceptors (Lipinski definition) is 6. The molecule has 0 unspecified atom stereocenters. The molecule has 10 nitrogen and oxygen atoms in total. The molecule has 4 amide bonds. The van der Waals surface area contributed by atoms with Gasteiger partial charge < -0.3 is 30.5 Å². The van der Waals surface area contributed by atoms with Crippen LogP contribution < -0.4 is 16.0 Å². The lowest BCUT2D eigenvalue weighted by Crippen LogP contribution is -2.58. The molecule has 2 aliphatic carbocycles. The van der Waals surface area contributed by atoms with E-state index in [1.165, 1.54) is 12.1 Å². The minimum atomic E-state index is -1.57. The monoisotopic (exact) mass is 591 g/mol. The smallest absolute Gasteiger partial charge is 0.407 e. The summed E-state index contributed by atoms with van der Waals surface area (Å²) in [5.41, 5.74) is 0.477. The Morgan fingerprint density at radius 3 is 2.21 bits per heavy atom. The number of ether oxygens (including phenoxy) is 1. The second-order valence-electron chi connectivity index (χ2n) is 11.8. The highest BCUT2D eigenvalue weighted by atomic mass is 19.1. The zero-order chi connectivity index (χ0) is 30.4.